The number of pyridine rings is 1. The van der Waals surface area contributed by atoms with Crippen LogP contribution in [-0.2, 0) is 13.1 Å². The molecule has 0 bridgehead atoms. The fourth-order valence-electron chi connectivity index (χ4n) is 3.21. The molecule has 1 aliphatic heterocycles. The molecule has 0 aromatic carbocycles. The third-order valence-electron chi connectivity index (χ3n) is 4.89. The van der Waals surface area contributed by atoms with Crippen molar-refractivity contribution in [3.05, 3.63) is 35.3 Å². The van der Waals surface area contributed by atoms with Gasteiger partial charge in [0.25, 0.3) is 0 Å². The summed E-state index contributed by atoms with van der Waals surface area (Å²) in [6.07, 6.45) is 1.90. The molecule has 0 amide bonds. The molecule has 7 heteroatoms. The van der Waals surface area contributed by atoms with Crippen molar-refractivity contribution in [2.45, 2.75) is 26.9 Å². The fourth-order valence-corrected chi connectivity index (χ4v) is 3.21. The molecule has 1 saturated heterocycles. The molecule has 25 heavy (non-hydrogen) atoms. The highest BCUT2D eigenvalue weighted by Gasteiger charge is 2.15. The van der Waals surface area contributed by atoms with E-state index in [2.05, 4.69) is 44.4 Å². The van der Waals surface area contributed by atoms with Gasteiger partial charge >= 0.3 is 0 Å². The second-order valence-corrected chi connectivity index (χ2v) is 6.65. The van der Waals surface area contributed by atoms with E-state index in [4.69, 9.17) is 5.11 Å². The standard InChI is InChI=1S/C18H28N6O/c1-14-17(15(2)24(21-14)10-11-25)13-19-16-4-5-18(20-12-16)23-8-6-22(3)7-9-23/h4-5,12,19,25H,6-11,13H2,1-3H3. The summed E-state index contributed by atoms with van der Waals surface area (Å²) in [5.74, 6) is 1.04. The maximum Gasteiger partial charge on any atom is 0.128 e. The summed E-state index contributed by atoms with van der Waals surface area (Å²) in [6, 6.07) is 4.17. The van der Waals surface area contributed by atoms with Gasteiger partial charge in [-0.2, -0.15) is 5.10 Å². The van der Waals surface area contributed by atoms with Crippen LogP contribution in [0.3, 0.4) is 0 Å². The van der Waals surface area contributed by atoms with E-state index in [0.29, 0.717) is 13.1 Å². The Bertz CT molecular complexity index is 688. The lowest BCUT2D eigenvalue weighted by atomic mass is 10.2. The molecule has 3 rings (SSSR count). The van der Waals surface area contributed by atoms with Crippen molar-refractivity contribution in [3.63, 3.8) is 0 Å². The summed E-state index contributed by atoms with van der Waals surface area (Å²) in [4.78, 5) is 9.28. The van der Waals surface area contributed by atoms with Gasteiger partial charge in [-0.3, -0.25) is 4.68 Å². The van der Waals surface area contributed by atoms with Gasteiger partial charge < -0.3 is 20.2 Å². The van der Waals surface area contributed by atoms with Crippen molar-refractivity contribution in [1.29, 1.82) is 0 Å². The summed E-state index contributed by atoms with van der Waals surface area (Å²) < 4.78 is 1.86. The number of likely N-dealkylation sites (N-methyl/N-ethyl adjacent to an activating group) is 1. The van der Waals surface area contributed by atoms with E-state index >= 15 is 0 Å². The summed E-state index contributed by atoms with van der Waals surface area (Å²) >= 11 is 0. The van der Waals surface area contributed by atoms with E-state index in [1.807, 2.05) is 24.7 Å². The number of aromatic nitrogens is 3. The third kappa shape index (κ3) is 4.11. The zero-order chi connectivity index (χ0) is 17.8. The highest BCUT2D eigenvalue weighted by Crippen LogP contribution is 2.18. The van der Waals surface area contributed by atoms with Crippen molar-refractivity contribution < 1.29 is 5.11 Å². The summed E-state index contributed by atoms with van der Waals surface area (Å²) in [5, 5.41) is 17.0. The van der Waals surface area contributed by atoms with Gasteiger partial charge in [0.15, 0.2) is 0 Å². The molecular formula is C18H28N6O. The van der Waals surface area contributed by atoms with Gasteiger partial charge in [-0.05, 0) is 33.0 Å². The number of hydrogen-bond donors (Lipinski definition) is 2. The normalized spacial score (nSPS) is 15.6. The van der Waals surface area contributed by atoms with E-state index < -0.39 is 0 Å². The molecule has 1 fully saturated rings. The van der Waals surface area contributed by atoms with Gasteiger partial charge in [0.2, 0.25) is 0 Å². The second kappa shape index (κ2) is 7.84. The molecule has 1 aliphatic rings. The average Bonchev–Trinajstić information content (AvgIpc) is 2.88. The first-order valence-electron chi connectivity index (χ1n) is 8.85. The lowest BCUT2D eigenvalue weighted by Crippen LogP contribution is -2.44. The van der Waals surface area contributed by atoms with E-state index in [9.17, 15) is 0 Å². The molecule has 0 atom stereocenters. The number of nitrogens with one attached hydrogen (secondary N) is 1. The molecule has 0 spiro atoms. The lowest BCUT2D eigenvalue weighted by Gasteiger charge is -2.33. The van der Waals surface area contributed by atoms with Crippen LogP contribution >= 0.6 is 0 Å². The van der Waals surface area contributed by atoms with Crippen LogP contribution in [-0.4, -0.2) is 64.6 Å². The Morgan fingerprint density at radius 3 is 2.56 bits per heavy atom. The third-order valence-corrected chi connectivity index (χ3v) is 4.89. The van der Waals surface area contributed by atoms with Gasteiger partial charge in [-0.25, -0.2) is 4.98 Å². The molecule has 0 unspecified atom stereocenters. The maximum absolute atomic E-state index is 9.11. The summed E-state index contributed by atoms with van der Waals surface area (Å²) in [6.45, 7) is 9.61. The largest absolute Gasteiger partial charge is 0.394 e. The highest BCUT2D eigenvalue weighted by molar-refractivity contribution is 5.49. The molecule has 2 aromatic rings. The molecule has 2 N–H and O–H groups in total. The zero-order valence-corrected chi connectivity index (χ0v) is 15.4. The van der Waals surface area contributed by atoms with Crippen molar-refractivity contribution >= 4 is 11.5 Å². The Hall–Kier alpha value is -2.12. The van der Waals surface area contributed by atoms with Crippen LogP contribution < -0.4 is 10.2 Å². The van der Waals surface area contributed by atoms with Gasteiger partial charge in [0, 0.05) is 44.0 Å². The summed E-state index contributed by atoms with van der Waals surface area (Å²) in [5.41, 5.74) is 4.28. The van der Waals surface area contributed by atoms with Crippen LogP contribution in [0.25, 0.3) is 0 Å². The molecule has 3 heterocycles. The van der Waals surface area contributed by atoms with Crippen LogP contribution in [0.4, 0.5) is 11.5 Å². The number of aryl methyl sites for hydroxylation is 1. The SMILES string of the molecule is Cc1nn(CCO)c(C)c1CNc1ccc(N2CCN(C)CC2)nc1. The molecule has 0 saturated carbocycles. The summed E-state index contributed by atoms with van der Waals surface area (Å²) in [7, 11) is 2.16. The van der Waals surface area contributed by atoms with Gasteiger partial charge in [-0.1, -0.05) is 0 Å². The predicted molar refractivity (Wildman–Crippen MR) is 100 cm³/mol. The van der Waals surface area contributed by atoms with E-state index in [0.717, 1.165) is 49.1 Å². The lowest BCUT2D eigenvalue weighted by molar-refractivity contribution is 0.268. The number of hydrogen-bond acceptors (Lipinski definition) is 6. The van der Waals surface area contributed by atoms with Gasteiger partial charge in [0.1, 0.15) is 5.82 Å². The number of rotatable bonds is 6. The van der Waals surface area contributed by atoms with Crippen molar-refractivity contribution in [2.75, 3.05) is 50.1 Å². The predicted octanol–water partition coefficient (Wildman–Crippen LogP) is 1.25. The Balaban J connectivity index is 1.61. The topological polar surface area (TPSA) is 69.5 Å². The van der Waals surface area contributed by atoms with Gasteiger partial charge in [0.05, 0.1) is 30.7 Å². The first-order valence-corrected chi connectivity index (χ1v) is 8.85. The molecule has 7 nitrogen and oxygen atoms in total. The van der Waals surface area contributed by atoms with Crippen LogP contribution in [0.1, 0.15) is 17.0 Å². The van der Waals surface area contributed by atoms with Crippen LogP contribution in [0.15, 0.2) is 18.3 Å². The maximum atomic E-state index is 9.11. The molecule has 0 aliphatic carbocycles. The minimum Gasteiger partial charge on any atom is -0.394 e. The molecule has 0 radical (unpaired) electrons. The minimum absolute atomic E-state index is 0.104. The fraction of sp³-hybridized carbons (Fsp3) is 0.556. The van der Waals surface area contributed by atoms with Crippen LogP contribution in [0.5, 0.6) is 0 Å². The Kier molecular flexibility index (Phi) is 5.55. The number of aliphatic hydroxyl groups is 1. The zero-order valence-electron chi connectivity index (χ0n) is 15.4. The van der Waals surface area contributed by atoms with Gasteiger partial charge in [-0.15, -0.1) is 0 Å². The smallest absolute Gasteiger partial charge is 0.128 e. The highest BCUT2D eigenvalue weighted by atomic mass is 16.3. The quantitative estimate of drug-likeness (QED) is 0.822. The molecular weight excluding hydrogens is 316 g/mol. The number of nitrogens with zero attached hydrogens (tertiary/aromatic N) is 5. The minimum atomic E-state index is 0.104. The van der Waals surface area contributed by atoms with Crippen LogP contribution in [0, 0.1) is 13.8 Å². The number of piperazine rings is 1. The molecule has 136 valence electrons. The van der Waals surface area contributed by atoms with Crippen molar-refractivity contribution in [3.8, 4) is 0 Å². The van der Waals surface area contributed by atoms with E-state index in [1.165, 1.54) is 5.56 Å². The molecule has 2 aromatic heterocycles. The Morgan fingerprint density at radius 2 is 1.92 bits per heavy atom. The number of anilines is 2. The Labute approximate surface area is 149 Å². The Morgan fingerprint density at radius 1 is 1.16 bits per heavy atom. The van der Waals surface area contributed by atoms with E-state index in [1.54, 1.807) is 0 Å². The monoisotopic (exact) mass is 344 g/mol. The van der Waals surface area contributed by atoms with Crippen LogP contribution in [0.2, 0.25) is 0 Å². The second-order valence-electron chi connectivity index (χ2n) is 6.65. The first-order chi connectivity index (χ1) is 12.1. The van der Waals surface area contributed by atoms with E-state index in [-0.39, 0.29) is 6.61 Å². The first kappa shape index (κ1) is 17.7. The number of aliphatic hydroxyl groups excluding tert-OH is 1. The average molecular weight is 344 g/mol. The van der Waals surface area contributed by atoms with Crippen molar-refractivity contribution in [2.24, 2.45) is 0 Å². The van der Waals surface area contributed by atoms with Crippen molar-refractivity contribution in [1.82, 2.24) is 19.7 Å².